The molecule has 0 bridgehead atoms. The molecule has 0 aliphatic carbocycles. The van der Waals surface area contributed by atoms with Crippen molar-refractivity contribution in [3.63, 3.8) is 0 Å². The first-order chi connectivity index (χ1) is 6.79. The van der Waals surface area contributed by atoms with E-state index in [2.05, 4.69) is 11.2 Å². The molecule has 1 heterocycles. The zero-order valence-corrected chi connectivity index (χ0v) is 8.58. The van der Waals surface area contributed by atoms with Crippen molar-refractivity contribution in [2.75, 3.05) is 19.8 Å². The van der Waals surface area contributed by atoms with Crippen molar-refractivity contribution in [1.82, 2.24) is 5.32 Å². The molecule has 2 unspecified atom stereocenters. The second kappa shape index (κ2) is 5.79. The van der Waals surface area contributed by atoms with Crippen molar-refractivity contribution in [3.8, 4) is 12.3 Å². The first kappa shape index (κ1) is 11.2. The number of likely N-dealkylation sites (N-methyl/N-ethyl adjacent to an activating group) is 1. The Hall–Kier alpha value is -0.850. The van der Waals surface area contributed by atoms with E-state index in [1.165, 1.54) is 0 Å². The van der Waals surface area contributed by atoms with Crippen molar-refractivity contribution in [1.29, 1.82) is 0 Å². The molecule has 1 aliphatic rings. The molecule has 0 radical (unpaired) electrons. The highest BCUT2D eigenvalue weighted by molar-refractivity contribution is 5.82. The second-order valence-electron chi connectivity index (χ2n) is 3.48. The van der Waals surface area contributed by atoms with E-state index in [-0.39, 0.29) is 17.7 Å². The fourth-order valence-electron chi connectivity index (χ4n) is 1.72. The summed E-state index contributed by atoms with van der Waals surface area (Å²) in [7, 11) is 0. The van der Waals surface area contributed by atoms with Crippen LogP contribution in [0.2, 0.25) is 0 Å². The molecule has 0 aromatic rings. The minimum Gasteiger partial charge on any atom is -0.379 e. The highest BCUT2D eigenvalue weighted by atomic mass is 16.5. The Morgan fingerprint density at radius 1 is 1.64 bits per heavy atom. The number of terminal acetylenes is 1. The summed E-state index contributed by atoms with van der Waals surface area (Å²) in [5.74, 6) is 2.72. The number of carbonyl (C=O) groups excluding carboxylic acids is 1. The van der Waals surface area contributed by atoms with Crippen LogP contribution in [0.5, 0.6) is 0 Å². The molecule has 78 valence electrons. The Balaban J connectivity index is 2.41. The Labute approximate surface area is 85.2 Å². The standard InChI is InChI=1S/C11H17NO2/c1-3-5-6-11(13)9-7-14-8-10(9)12-4-2/h1,9-10,12H,4-8H2,2H3. The zero-order chi connectivity index (χ0) is 10.4. The second-order valence-corrected chi connectivity index (χ2v) is 3.48. The van der Waals surface area contributed by atoms with E-state index in [0.717, 1.165) is 6.54 Å². The molecule has 3 nitrogen and oxygen atoms in total. The molecule has 1 rings (SSSR count). The molecule has 1 fully saturated rings. The van der Waals surface area contributed by atoms with Crippen LogP contribution in [-0.2, 0) is 9.53 Å². The Kier molecular flexibility index (Phi) is 4.64. The molecule has 2 atom stereocenters. The van der Waals surface area contributed by atoms with Gasteiger partial charge in [-0.25, -0.2) is 0 Å². The molecule has 14 heavy (non-hydrogen) atoms. The fraction of sp³-hybridized carbons (Fsp3) is 0.727. The van der Waals surface area contributed by atoms with Crippen LogP contribution in [0.3, 0.4) is 0 Å². The summed E-state index contributed by atoms with van der Waals surface area (Å²) in [5.41, 5.74) is 0. The van der Waals surface area contributed by atoms with E-state index in [4.69, 9.17) is 11.2 Å². The molecule has 1 saturated heterocycles. The maximum Gasteiger partial charge on any atom is 0.140 e. The highest BCUT2D eigenvalue weighted by Gasteiger charge is 2.32. The van der Waals surface area contributed by atoms with Crippen molar-refractivity contribution in [2.24, 2.45) is 5.92 Å². The van der Waals surface area contributed by atoms with Gasteiger partial charge in [0.15, 0.2) is 0 Å². The summed E-state index contributed by atoms with van der Waals surface area (Å²) in [5, 5.41) is 3.25. The average molecular weight is 195 g/mol. The predicted molar refractivity (Wildman–Crippen MR) is 54.8 cm³/mol. The van der Waals surface area contributed by atoms with Gasteiger partial charge in [0.1, 0.15) is 5.78 Å². The van der Waals surface area contributed by atoms with Gasteiger partial charge in [0.05, 0.1) is 19.1 Å². The van der Waals surface area contributed by atoms with Gasteiger partial charge < -0.3 is 10.1 Å². The van der Waals surface area contributed by atoms with Crippen LogP contribution in [-0.4, -0.2) is 31.6 Å². The normalized spacial score (nSPS) is 26.0. The van der Waals surface area contributed by atoms with Crippen LogP contribution in [0, 0.1) is 18.3 Å². The Morgan fingerprint density at radius 2 is 2.43 bits per heavy atom. The number of nitrogens with one attached hydrogen (secondary N) is 1. The third-order valence-electron chi connectivity index (χ3n) is 2.48. The molecule has 0 aromatic heterocycles. The lowest BCUT2D eigenvalue weighted by atomic mass is 9.95. The first-order valence-electron chi connectivity index (χ1n) is 5.07. The molecule has 1 N–H and O–H groups in total. The average Bonchev–Trinajstić information content (AvgIpc) is 2.63. The van der Waals surface area contributed by atoms with Gasteiger partial charge >= 0.3 is 0 Å². The SMILES string of the molecule is C#CCCC(=O)C1COCC1NCC. The van der Waals surface area contributed by atoms with Crippen molar-refractivity contribution >= 4 is 5.78 Å². The number of hydrogen-bond acceptors (Lipinski definition) is 3. The largest absolute Gasteiger partial charge is 0.379 e. The van der Waals surface area contributed by atoms with Gasteiger partial charge in [-0.05, 0) is 6.54 Å². The van der Waals surface area contributed by atoms with E-state index >= 15 is 0 Å². The fourth-order valence-corrected chi connectivity index (χ4v) is 1.72. The van der Waals surface area contributed by atoms with Gasteiger partial charge in [-0.2, -0.15) is 0 Å². The Morgan fingerprint density at radius 3 is 3.07 bits per heavy atom. The van der Waals surface area contributed by atoms with Crippen LogP contribution in [0.15, 0.2) is 0 Å². The molecular formula is C11H17NO2. The molecule has 3 heteroatoms. The molecular weight excluding hydrogens is 178 g/mol. The van der Waals surface area contributed by atoms with E-state index in [1.54, 1.807) is 0 Å². The van der Waals surface area contributed by atoms with Crippen LogP contribution >= 0.6 is 0 Å². The summed E-state index contributed by atoms with van der Waals surface area (Å²) in [4.78, 5) is 11.7. The lowest BCUT2D eigenvalue weighted by Gasteiger charge is -2.16. The first-order valence-corrected chi connectivity index (χ1v) is 5.07. The molecule has 0 spiro atoms. The highest BCUT2D eigenvalue weighted by Crippen LogP contribution is 2.16. The number of hydrogen-bond donors (Lipinski definition) is 1. The van der Waals surface area contributed by atoms with Crippen LogP contribution < -0.4 is 5.32 Å². The smallest absolute Gasteiger partial charge is 0.140 e. The lowest BCUT2D eigenvalue weighted by molar-refractivity contribution is -0.123. The number of Topliss-reactive ketones (excluding diaryl/α,β-unsaturated/α-hetero) is 1. The zero-order valence-electron chi connectivity index (χ0n) is 8.58. The molecule has 0 saturated carbocycles. The molecule has 1 aliphatic heterocycles. The topological polar surface area (TPSA) is 38.3 Å². The van der Waals surface area contributed by atoms with Crippen molar-refractivity contribution in [2.45, 2.75) is 25.8 Å². The Bertz CT molecular complexity index is 232. The summed E-state index contributed by atoms with van der Waals surface area (Å²) in [6.07, 6.45) is 6.13. The van der Waals surface area contributed by atoms with E-state index < -0.39 is 0 Å². The van der Waals surface area contributed by atoms with Gasteiger partial charge in [-0.3, -0.25) is 4.79 Å². The molecule has 0 aromatic carbocycles. The monoisotopic (exact) mass is 195 g/mol. The van der Waals surface area contributed by atoms with E-state index in [1.807, 2.05) is 6.92 Å². The maximum atomic E-state index is 11.7. The predicted octanol–water partition coefficient (Wildman–Crippen LogP) is 0.593. The summed E-state index contributed by atoms with van der Waals surface area (Å²) >= 11 is 0. The lowest BCUT2D eigenvalue weighted by Crippen LogP contribution is -2.39. The van der Waals surface area contributed by atoms with E-state index in [0.29, 0.717) is 26.1 Å². The quantitative estimate of drug-likeness (QED) is 0.653. The van der Waals surface area contributed by atoms with Crippen LogP contribution in [0.1, 0.15) is 19.8 Å². The summed E-state index contributed by atoms with van der Waals surface area (Å²) < 4.78 is 5.29. The number of ether oxygens (including phenoxy) is 1. The number of carbonyl (C=O) groups is 1. The molecule has 0 amide bonds. The van der Waals surface area contributed by atoms with Gasteiger partial charge in [0.2, 0.25) is 0 Å². The van der Waals surface area contributed by atoms with Gasteiger partial charge in [0.25, 0.3) is 0 Å². The van der Waals surface area contributed by atoms with Gasteiger partial charge in [0, 0.05) is 18.9 Å². The number of ketones is 1. The van der Waals surface area contributed by atoms with Crippen LogP contribution in [0.25, 0.3) is 0 Å². The third kappa shape index (κ3) is 2.83. The number of rotatable bonds is 5. The van der Waals surface area contributed by atoms with Gasteiger partial charge in [-0.1, -0.05) is 6.92 Å². The maximum absolute atomic E-state index is 11.7. The van der Waals surface area contributed by atoms with Gasteiger partial charge in [-0.15, -0.1) is 12.3 Å². The van der Waals surface area contributed by atoms with Crippen molar-refractivity contribution < 1.29 is 9.53 Å². The summed E-state index contributed by atoms with van der Waals surface area (Å²) in [6, 6.07) is 0.185. The minimum atomic E-state index is 0.00306. The van der Waals surface area contributed by atoms with Crippen molar-refractivity contribution in [3.05, 3.63) is 0 Å². The minimum absolute atomic E-state index is 0.00306. The summed E-state index contributed by atoms with van der Waals surface area (Å²) in [6.45, 7) is 4.08. The van der Waals surface area contributed by atoms with E-state index in [9.17, 15) is 4.79 Å². The van der Waals surface area contributed by atoms with Crippen LogP contribution in [0.4, 0.5) is 0 Å². The third-order valence-corrected chi connectivity index (χ3v) is 2.48.